The second-order valence-corrected chi connectivity index (χ2v) is 7.01. The molecule has 0 aliphatic heterocycles. The van der Waals surface area contributed by atoms with Crippen LogP contribution in [0.15, 0.2) is 65.6 Å². The number of amides is 1. The average Bonchev–Trinajstić information content (AvgIpc) is 2.73. The summed E-state index contributed by atoms with van der Waals surface area (Å²) in [5.41, 5.74) is 0.956. The Morgan fingerprint density at radius 2 is 1.79 bits per heavy atom. The zero-order chi connectivity index (χ0) is 20.1. The summed E-state index contributed by atoms with van der Waals surface area (Å²) >= 11 is 1.54. The van der Waals surface area contributed by atoms with E-state index in [-0.39, 0.29) is 5.56 Å². The fraction of sp³-hybridized carbons (Fsp3) is 0.182. The molecule has 144 valence electrons. The van der Waals surface area contributed by atoms with Gasteiger partial charge in [-0.2, -0.15) is 0 Å². The molecule has 0 aliphatic carbocycles. The Hall–Kier alpha value is -2.99. The fourth-order valence-corrected chi connectivity index (χ4v) is 3.24. The van der Waals surface area contributed by atoms with E-state index in [0.29, 0.717) is 11.4 Å². The van der Waals surface area contributed by atoms with Gasteiger partial charge in [0.15, 0.2) is 6.10 Å². The summed E-state index contributed by atoms with van der Waals surface area (Å²) in [5.74, 6) is -0.590. The lowest BCUT2D eigenvalue weighted by molar-refractivity contribution is -0.123. The topological polar surface area (TPSA) is 64.6 Å². The number of carbonyl (C=O) groups is 2. The number of fused-ring (bicyclic) bond motifs is 1. The van der Waals surface area contributed by atoms with Crippen molar-refractivity contribution in [1.29, 1.82) is 0 Å². The number of carbonyl (C=O) groups excluding carboxylic acids is 2. The van der Waals surface area contributed by atoms with Crippen LogP contribution in [0.25, 0.3) is 10.8 Å². The number of rotatable bonds is 6. The van der Waals surface area contributed by atoms with E-state index in [1.807, 2.05) is 54.8 Å². The van der Waals surface area contributed by atoms with Gasteiger partial charge in [-0.3, -0.25) is 4.79 Å². The summed E-state index contributed by atoms with van der Waals surface area (Å²) in [7, 11) is 1.49. The van der Waals surface area contributed by atoms with Gasteiger partial charge in [-0.15, -0.1) is 11.8 Å². The Morgan fingerprint density at radius 3 is 2.54 bits per heavy atom. The van der Waals surface area contributed by atoms with Crippen LogP contribution in [0.3, 0.4) is 0 Å². The monoisotopic (exact) mass is 395 g/mol. The third kappa shape index (κ3) is 4.28. The first-order chi connectivity index (χ1) is 13.5. The fourth-order valence-electron chi connectivity index (χ4n) is 2.81. The zero-order valence-corrected chi connectivity index (χ0v) is 16.7. The molecule has 5 nitrogen and oxygen atoms in total. The number of methoxy groups -OCH3 is 1. The molecule has 1 N–H and O–H groups in total. The van der Waals surface area contributed by atoms with E-state index in [1.54, 1.807) is 30.8 Å². The normalized spacial score (nSPS) is 11.7. The van der Waals surface area contributed by atoms with Gasteiger partial charge >= 0.3 is 5.97 Å². The van der Waals surface area contributed by atoms with Crippen molar-refractivity contribution in [1.82, 2.24) is 0 Å². The molecule has 3 rings (SSSR count). The highest BCUT2D eigenvalue weighted by Gasteiger charge is 2.22. The molecule has 0 bridgehead atoms. The number of hydrogen-bond donors (Lipinski definition) is 1. The number of esters is 1. The van der Waals surface area contributed by atoms with E-state index in [1.165, 1.54) is 7.11 Å². The maximum Gasteiger partial charge on any atom is 0.342 e. The first kappa shape index (κ1) is 19.8. The number of anilines is 1. The number of benzene rings is 3. The molecule has 0 radical (unpaired) electrons. The Bertz CT molecular complexity index is 1010. The molecule has 0 aromatic heterocycles. The number of nitrogens with one attached hydrogen (secondary N) is 1. The number of hydrogen-bond acceptors (Lipinski definition) is 5. The van der Waals surface area contributed by atoms with Crippen LogP contribution in [0.2, 0.25) is 0 Å². The maximum atomic E-state index is 12.6. The van der Waals surface area contributed by atoms with E-state index in [9.17, 15) is 9.59 Å². The minimum atomic E-state index is -0.962. The Balaban J connectivity index is 1.73. The standard InChI is InChI=1S/C22H21NO4S/c1-14(27-22(25)18-12-11-16(28-3)13-20(18)26-2)21(24)23-19-10-6-8-15-7-4-5-9-17(15)19/h4-14H,1-3H3,(H,23,24). The first-order valence-electron chi connectivity index (χ1n) is 8.75. The molecule has 3 aromatic carbocycles. The number of thioether (sulfide) groups is 1. The molecule has 0 saturated heterocycles. The van der Waals surface area contributed by atoms with Crippen LogP contribution in [0.1, 0.15) is 17.3 Å². The van der Waals surface area contributed by atoms with Gasteiger partial charge in [0, 0.05) is 16.0 Å². The van der Waals surface area contributed by atoms with E-state index < -0.39 is 18.0 Å². The smallest absolute Gasteiger partial charge is 0.342 e. The van der Waals surface area contributed by atoms with Gasteiger partial charge in [0.1, 0.15) is 11.3 Å². The summed E-state index contributed by atoms with van der Waals surface area (Å²) in [6.45, 7) is 1.54. The molecule has 0 heterocycles. The SMILES string of the molecule is COc1cc(SC)ccc1C(=O)OC(C)C(=O)Nc1cccc2ccccc12. The van der Waals surface area contributed by atoms with Crippen molar-refractivity contribution >= 4 is 40.1 Å². The van der Waals surface area contributed by atoms with Crippen molar-refractivity contribution in [2.75, 3.05) is 18.7 Å². The Kier molecular flexibility index (Phi) is 6.21. The predicted molar refractivity (Wildman–Crippen MR) is 112 cm³/mol. The summed E-state index contributed by atoms with van der Waals surface area (Å²) in [4.78, 5) is 26.0. The third-order valence-electron chi connectivity index (χ3n) is 4.33. The molecule has 1 atom stereocenters. The van der Waals surface area contributed by atoms with E-state index in [4.69, 9.17) is 9.47 Å². The zero-order valence-electron chi connectivity index (χ0n) is 15.9. The third-order valence-corrected chi connectivity index (χ3v) is 5.05. The molecule has 0 spiro atoms. The molecule has 0 aliphatic rings. The molecule has 0 fully saturated rings. The maximum absolute atomic E-state index is 12.6. The molecule has 28 heavy (non-hydrogen) atoms. The van der Waals surface area contributed by atoms with Crippen molar-refractivity contribution in [2.24, 2.45) is 0 Å². The van der Waals surface area contributed by atoms with E-state index in [2.05, 4.69) is 5.32 Å². The minimum absolute atomic E-state index is 0.283. The molecular weight excluding hydrogens is 374 g/mol. The molecule has 6 heteroatoms. The van der Waals surface area contributed by atoms with Crippen LogP contribution in [-0.2, 0) is 9.53 Å². The van der Waals surface area contributed by atoms with Crippen LogP contribution in [-0.4, -0.2) is 31.3 Å². The van der Waals surface area contributed by atoms with Crippen molar-refractivity contribution in [3.63, 3.8) is 0 Å². The molecule has 1 unspecified atom stereocenters. The highest BCUT2D eigenvalue weighted by atomic mass is 32.2. The van der Waals surface area contributed by atoms with Crippen molar-refractivity contribution in [2.45, 2.75) is 17.9 Å². The largest absolute Gasteiger partial charge is 0.496 e. The van der Waals surface area contributed by atoms with Gasteiger partial charge < -0.3 is 14.8 Å². The molecule has 3 aromatic rings. The van der Waals surface area contributed by atoms with Crippen molar-refractivity contribution in [3.8, 4) is 5.75 Å². The van der Waals surface area contributed by atoms with Gasteiger partial charge in [-0.1, -0.05) is 36.4 Å². The minimum Gasteiger partial charge on any atom is -0.496 e. The summed E-state index contributed by atoms with van der Waals surface area (Å²) < 4.78 is 10.6. The van der Waals surface area contributed by atoms with Crippen molar-refractivity contribution in [3.05, 3.63) is 66.2 Å². The lowest BCUT2D eigenvalue weighted by Crippen LogP contribution is -2.30. The lowest BCUT2D eigenvalue weighted by atomic mass is 10.1. The number of ether oxygens (including phenoxy) is 2. The van der Waals surface area contributed by atoms with Crippen molar-refractivity contribution < 1.29 is 19.1 Å². The molecule has 0 saturated carbocycles. The highest BCUT2D eigenvalue weighted by molar-refractivity contribution is 7.98. The average molecular weight is 395 g/mol. The van der Waals surface area contributed by atoms with Crippen LogP contribution in [0.4, 0.5) is 5.69 Å². The van der Waals surface area contributed by atoms with E-state index in [0.717, 1.165) is 15.7 Å². The summed E-state index contributed by atoms with van der Waals surface area (Å²) in [5, 5.41) is 4.78. The Labute approximate surface area is 168 Å². The van der Waals surface area contributed by atoms with Gasteiger partial charge in [0.2, 0.25) is 0 Å². The van der Waals surface area contributed by atoms with Crippen LogP contribution in [0.5, 0.6) is 5.75 Å². The molecular formula is C22H21NO4S. The second-order valence-electron chi connectivity index (χ2n) is 6.13. The molecule has 1 amide bonds. The Morgan fingerprint density at radius 1 is 1.04 bits per heavy atom. The summed E-state index contributed by atoms with van der Waals surface area (Å²) in [6.07, 6.45) is 0.975. The van der Waals surface area contributed by atoms with Gasteiger partial charge in [0.25, 0.3) is 5.91 Å². The quantitative estimate of drug-likeness (QED) is 0.482. The van der Waals surface area contributed by atoms with E-state index >= 15 is 0 Å². The van der Waals surface area contributed by atoms with Gasteiger partial charge in [0.05, 0.1) is 7.11 Å². The van der Waals surface area contributed by atoms with Crippen LogP contribution in [0, 0.1) is 0 Å². The van der Waals surface area contributed by atoms with Crippen LogP contribution >= 0.6 is 11.8 Å². The predicted octanol–water partition coefficient (Wildman–Crippen LogP) is 4.75. The lowest BCUT2D eigenvalue weighted by Gasteiger charge is -2.16. The summed E-state index contributed by atoms with van der Waals surface area (Å²) in [6, 6.07) is 18.6. The second kappa shape index (κ2) is 8.80. The van der Waals surface area contributed by atoms with Crippen LogP contribution < -0.4 is 10.1 Å². The van der Waals surface area contributed by atoms with Gasteiger partial charge in [-0.05, 0) is 42.8 Å². The first-order valence-corrected chi connectivity index (χ1v) is 9.97. The highest BCUT2D eigenvalue weighted by Crippen LogP contribution is 2.27. The van der Waals surface area contributed by atoms with Gasteiger partial charge in [-0.25, -0.2) is 4.79 Å².